The van der Waals surface area contributed by atoms with E-state index in [-0.39, 0.29) is 4.47 Å². The Hall–Kier alpha value is -0.980. The number of benzene rings is 1. The van der Waals surface area contributed by atoms with Crippen molar-refractivity contribution in [2.24, 2.45) is 0 Å². The Morgan fingerprint density at radius 2 is 2.05 bits per heavy atom. The third kappa shape index (κ3) is 4.49. The summed E-state index contributed by atoms with van der Waals surface area (Å²) in [5, 5.41) is 12.6. The molecule has 1 aromatic rings. The van der Waals surface area contributed by atoms with Gasteiger partial charge in [0.2, 0.25) is 0 Å². The summed E-state index contributed by atoms with van der Waals surface area (Å²) in [5.74, 6) is -1.39. The summed E-state index contributed by atoms with van der Waals surface area (Å²) in [6.45, 7) is 8.87. The van der Waals surface area contributed by atoms with Crippen molar-refractivity contribution in [1.82, 2.24) is 10.2 Å². The molecule has 0 aliphatic carbocycles. The van der Waals surface area contributed by atoms with E-state index in [1.165, 1.54) is 18.2 Å². The molecule has 4 nitrogen and oxygen atoms in total. The molecule has 118 valence electrons. The fraction of sp³-hybridized carbons (Fsp3) is 0.533. The molecule has 0 fully saturated rings. The second-order valence-electron chi connectivity index (χ2n) is 5.01. The highest BCUT2D eigenvalue weighted by Gasteiger charge is 2.35. The van der Waals surface area contributed by atoms with Crippen LogP contribution in [0.25, 0.3) is 0 Å². The Bertz CT molecular complexity index is 495. The van der Waals surface area contributed by atoms with Crippen molar-refractivity contribution >= 4 is 21.9 Å². The first kappa shape index (κ1) is 18.1. The summed E-state index contributed by atoms with van der Waals surface area (Å²) in [5.41, 5.74) is -0.730. The number of halogens is 2. The minimum absolute atomic E-state index is 0.262. The minimum Gasteiger partial charge on any atom is -0.480 e. The van der Waals surface area contributed by atoms with E-state index in [0.717, 1.165) is 19.6 Å². The zero-order chi connectivity index (χ0) is 16.0. The molecule has 1 unspecified atom stereocenters. The first-order valence-corrected chi connectivity index (χ1v) is 7.80. The highest BCUT2D eigenvalue weighted by Crippen LogP contribution is 2.26. The Kier molecular flexibility index (Phi) is 6.77. The number of hydrogen-bond donors (Lipinski definition) is 2. The van der Waals surface area contributed by atoms with E-state index in [1.54, 1.807) is 6.92 Å². The fourth-order valence-corrected chi connectivity index (χ4v) is 2.49. The van der Waals surface area contributed by atoms with Crippen LogP contribution in [0.4, 0.5) is 4.39 Å². The summed E-state index contributed by atoms with van der Waals surface area (Å²) in [6.07, 6.45) is 0. The summed E-state index contributed by atoms with van der Waals surface area (Å²) in [6, 6.07) is 4.28. The van der Waals surface area contributed by atoms with Gasteiger partial charge in [-0.05, 0) is 53.6 Å². The van der Waals surface area contributed by atoms with Crippen LogP contribution in [0.3, 0.4) is 0 Å². The van der Waals surface area contributed by atoms with E-state index in [4.69, 9.17) is 0 Å². The van der Waals surface area contributed by atoms with Crippen molar-refractivity contribution in [1.29, 1.82) is 0 Å². The maximum Gasteiger partial charge on any atom is 0.328 e. The van der Waals surface area contributed by atoms with Crippen LogP contribution in [0.15, 0.2) is 22.7 Å². The molecule has 0 bridgehead atoms. The SMILES string of the molecule is CCN(CC)CCNC(C)(C(=O)O)c1ccc(F)c(Br)c1. The average molecular weight is 361 g/mol. The molecule has 0 amide bonds. The fourth-order valence-electron chi connectivity index (χ4n) is 2.11. The van der Waals surface area contributed by atoms with Crippen molar-refractivity contribution in [3.8, 4) is 0 Å². The van der Waals surface area contributed by atoms with Gasteiger partial charge in [0.25, 0.3) is 0 Å². The first-order valence-electron chi connectivity index (χ1n) is 7.01. The van der Waals surface area contributed by atoms with Gasteiger partial charge in [-0.1, -0.05) is 19.9 Å². The summed E-state index contributed by atoms with van der Waals surface area (Å²) in [7, 11) is 0. The zero-order valence-corrected chi connectivity index (χ0v) is 14.2. The number of hydrogen-bond acceptors (Lipinski definition) is 3. The van der Waals surface area contributed by atoms with E-state index < -0.39 is 17.3 Å². The molecule has 1 rings (SSSR count). The Labute approximate surface area is 133 Å². The van der Waals surface area contributed by atoms with Crippen LogP contribution in [0, 0.1) is 5.82 Å². The van der Waals surface area contributed by atoms with Crippen LogP contribution in [-0.4, -0.2) is 42.2 Å². The second kappa shape index (κ2) is 7.87. The number of nitrogens with zero attached hydrogens (tertiary/aromatic N) is 1. The molecule has 6 heteroatoms. The lowest BCUT2D eigenvalue weighted by Gasteiger charge is -2.29. The lowest BCUT2D eigenvalue weighted by atomic mass is 9.92. The maximum atomic E-state index is 13.3. The zero-order valence-electron chi connectivity index (χ0n) is 12.6. The van der Waals surface area contributed by atoms with Crippen molar-refractivity contribution in [2.75, 3.05) is 26.2 Å². The highest BCUT2D eigenvalue weighted by atomic mass is 79.9. The summed E-state index contributed by atoms with van der Waals surface area (Å²) < 4.78 is 13.6. The topological polar surface area (TPSA) is 52.6 Å². The van der Waals surface area contributed by atoms with Gasteiger partial charge < -0.3 is 10.0 Å². The van der Waals surface area contributed by atoms with Gasteiger partial charge in [0.05, 0.1) is 4.47 Å². The normalized spacial score (nSPS) is 14.2. The molecule has 0 radical (unpaired) electrons. The van der Waals surface area contributed by atoms with Gasteiger partial charge in [0.15, 0.2) is 0 Å². The summed E-state index contributed by atoms with van der Waals surface area (Å²) in [4.78, 5) is 13.9. The molecule has 0 heterocycles. The highest BCUT2D eigenvalue weighted by molar-refractivity contribution is 9.10. The minimum atomic E-state index is -1.25. The quantitative estimate of drug-likeness (QED) is 0.748. The molecule has 1 aromatic carbocycles. The predicted molar refractivity (Wildman–Crippen MR) is 84.9 cm³/mol. The van der Waals surface area contributed by atoms with Gasteiger partial charge in [0, 0.05) is 13.1 Å². The van der Waals surface area contributed by atoms with Crippen LogP contribution in [0.2, 0.25) is 0 Å². The Morgan fingerprint density at radius 3 is 2.52 bits per heavy atom. The number of carboxylic acid groups (broad SMARTS) is 1. The number of aliphatic carboxylic acids is 1. The number of carboxylic acids is 1. The van der Waals surface area contributed by atoms with E-state index in [2.05, 4.69) is 40.0 Å². The molecule has 0 aliphatic heterocycles. The van der Waals surface area contributed by atoms with Gasteiger partial charge in [-0.25, -0.2) is 9.18 Å². The Morgan fingerprint density at radius 1 is 1.43 bits per heavy atom. The largest absolute Gasteiger partial charge is 0.480 e. The maximum absolute atomic E-state index is 13.3. The molecular weight excluding hydrogens is 339 g/mol. The molecule has 0 saturated heterocycles. The van der Waals surface area contributed by atoms with Crippen molar-refractivity contribution in [2.45, 2.75) is 26.3 Å². The smallest absolute Gasteiger partial charge is 0.328 e. The Balaban J connectivity index is 2.87. The number of carbonyl (C=O) groups is 1. The molecule has 0 aromatic heterocycles. The summed E-state index contributed by atoms with van der Waals surface area (Å²) >= 11 is 3.10. The first-order chi connectivity index (χ1) is 9.85. The van der Waals surface area contributed by atoms with Gasteiger partial charge in [-0.3, -0.25) is 5.32 Å². The van der Waals surface area contributed by atoms with Crippen LogP contribution < -0.4 is 5.32 Å². The molecule has 21 heavy (non-hydrogen) atoms. The number of likely N-dealkylation sites (N-methyl/N-ethyl adjacent to an activating group) is 1. The van der Waals surface area contributed by atoms with Gasteiger partial charge in [-0.2, -0.15) is 0 Å². The lowest BCUT2D eigenvalue weighted by molar-refractivity contribution is -0.144. The number of nitrogens with one attached hydrogen (secondary N) is 1. The molecule has 1 atom stereocenters. The second-order valence-corrected chi connectivity index (χ2v) is 5.87. The van der Waals surface area contributed by atoms with E-state index >= 15 is 0 Å². The lowest BCUT2D eigenvalue weighted by Crippen LogP contribution is -2.49. The molecule has 0 spiro atoms. The van der Waals surface area contributed by atoms with Gasteiger partial charge >= 0.3 is 5.97 Å². The van der Waals surface area contributed by atoms with Crippen LogP contribution in [0.1, 0.15) is 26.3 Å². The van der Waals surface area contributed by atoms with Gasteiger partial charge in [0.1, 0.15) is 11.4 Å². The van der Waals surface area contributed by atoms with E-state index in [1.807, 2.05) is 0 Å². The molecule has 2 N–H and O–H groups in total. The predicted octanol–water partition coefficient (Wildman–Crippen LogP) is 2.82. The molecule has 0 saturated carbocycles. The number of rotatable bonds is 8. The molecular formula is C15H22BrFN2O2. The standard InChI is InChI=1S/C15H22BrFN2O2/c1-4-19(5-2)9-8-18-15(3,14(20)21)11-6-7-13(17)12(16)10-11/h6-7,10,18H,4-5,8-9H2,1-3H3,(H,20,21). The van der Waals surface area contributed by atoms with Crippen molar-refractivity contribution < 1.29 is 14.3 Å². The van der Waals surface area contributed by atoms with E-state index in [0.29, 0.717) is 12.1 Å². The van der Waals surface area contributed by atoms with Crippen LogP contribution in [-0.2, 0) is 10.3 Å². The van der Waals surface area contributed by atoms with Crippen LogP contribution >= 0.6 is 15.9 Å². The van der Waals surface area contributed by atoms with E-state index in [9.17, 15) is 14.3 Å². The molecule has 0 aliphatic rings. The van der Waals surface area contributed by atoms with Crippen LogP contribution in [0.5, 0.6) is 0 Å². The van der Waals surface area contributed by atoms with Crippen molar-refractivity contribution in [3.63, 3.8) is 0 Å². The third-order valence-electron chi connectivity index (χ3n) is 3.73. The van der Waals surface area contributed by atoms with Crippen molar-refractivity contribution in [3.05, 3.63) is 34.1 Å². The van der Waals surface area contributed by atoms with Gasteiger partial charge in [-0.15, -0.1) is 0 Å². The third-order valence-corrected chi connectivity index (χ3v) is 4.33. The average Bonchev–Trinajstić information content (AvgIpc) is 2.46. The monoisotopic (exact) mass is 360 g/mol.